The zero-order valence-corrected chi connectivity index (χ0v) is 15.7. The average Bonchev–Trinajstić information content (AvgIpc) is 2.63. The van der Waals surface area contributed by atoms with Gasteiger partial charge in [-0.05, 0) is 67.3 Å². The van der Waals surface area contributed by atoms with E-state index in [9.17, 15) is 8.78 Å². The summed E-state index contributed by atoms with van der Waals surface area (Å²) in [4.78, 5) is 3.68. The van der Waals surface area contributed by atoms with Gasteiger partial charge in [-0.25, -0.2) is 4.31 Å². The second-order valence-corrected chi connectivity index (χ2v) is 8.75. The van der Waals surface area contributed by atoms with E-state index in [-0.39, 0.29) is 5.75 Å². The maximum absolute atomic E-state index is 12.2. The van der Waals surface area contributed by atoms with Crippen LogP contribution in [0.3, 0.4) is 0 Å². The molecule has 2 saturated heterocycles. The number of hydrogen-bond acceptors (Lipinski definition) is 5. The number of rotatable bonds is 5. The highest BCUT2D eigenvalue weighted by molar-refractivity contribution is 7.97. The molecule has 0 unspecified atom stereocenters. The molecule has 0 aromatic heterocycles. The van der Waals surface area contributed by atoms with Crippen LogP contribution < -0.4 is 4.74 Å². The van der Waals surface area contributed by atoms with Crippen molar-refractivity contribution in [1.29, 1.82) is 0 Å². The molecule has 1 aliphatic carbocycles. The van der Waals surface area contributed by atoms with Crippen LogP contribution in [0.4, 0.5) is 8.78 Å². The van der Waals surface area contributed by atoms with Crippen molar-refractivity contribution in [2.75, 3.05) is 39.4 Å². The van der Waals surface area contributed by atoms with E-state index in [2.05, 4.69) is 13.9 Å². The summed E-state index contributed by atoms with van der Waals surface area (Å²) in [7, 11) is 0. The number of nitrogens with zero attached hydrogens (tertiary/aromatic N) is 2. The first kappa shape index (κ1) is 18.5. The molecule has 1 aromatic rings. The molecule has 0 atom stereocenters. The third kappa shape index (κ3) is 4.32. The molecular weight excluding hydrogens is 358 g/mol. The largest absolute Gasteiger partial charge is 0.435 e. The topological polar surface area (TPSA) is 24.9 Å². The van der Waals surface area contributed by atoms with Crippen LogP contribution in [0.2, 0.25) is 0 Å². The van der Waals surface area contributed by atoms with Crippen LogP contribution in [-0.4, -0.2) is 61.3 Å². The number of benzene rings is 1. The van der Waals surface area contributed by atoms with Crippen LogP contribution in [0.15, 0.2) is 29.2 Å². The molecule has 0 N–H and O–H groups in total. The van der Waals surface area contributed by atoms with Gasteiger partial charge in [0.05, 0.1) is 13.2 Å². The molecule has 7 heteroatoms. The first-order chi connectivity index (χ1) is 12.6. The Hall–Kier alpha value is -0.890. The third-order valence-electron chi connectivity index (χ3n) is 5.97. The molecule has 4 rings (SSSR count). The molecule has 4 nitrogen and oxygen atoms in total. The summed E-state index contributed by atoms with van der Waals surface area (Å²) in [5, 5.41) is 0. The van der Waals surface area contributed by atoms with Crippen LogP contribution in [-0.2, 0) is 4.74 Å². The maximum Gasteiger partial charge on any atom is 0.387 e. The molecule has 2 aliphatic heterocycles. The maximum atomic E-state index is 12.2. The third-order valence-corrected chi connectivity index (χ3v) is 7.07. The predicted molar refractivity (Wildman–Crippen MR) is 97.6 cm³/mol. The molecule has 1 spiro atoms. The van der Waals surface area contributed by atoms with Crippen LogP contribution >= 0.6 is 11.9 Å². The van der Waals surface area contributed by atoms with Gasteiger partial charge in [-0.3, -0.25) is 4.90 Å². The van der Waals surface area contributed by atoms with E-state index in [0.717, 1.165) is 50.3 Å². The van der Waals surface area contributed by atoms with E-state index in [1.54, 1.807) is 24.1 Å². The summed E-state index contributed by atoms with van der Waals surface area (Å²) in [5.41, 5.74) is 0.551. The summed E-state index contributed by atoms with van der Waals surface area (Å²) in [5.74, 6) is 0.213. The van der Waals surface area contributed by atoms with Gasteiger partial charge in [-0.1, -0.05) is 0 Å². The van der Waals surface area contributed by atoms with E-state index < -0.39 is 6.61 Å². The summed E-state index contributed by atoms with van der Waals surface area (Å²) in [6.45, 7) is 3.37. The highest BCUT2D eigenvalue weighted by Crippen LogP contribution is 2.52. The van der Waals surface area contributed by atoms with Gasteiger partial charge < -0.3 is 9.47 Å². The normalized spacial score (nSPS) is 24.7. The summed E-state index contributed by atoms with van der Waals surface area (Å²) < 4.78 is 36.7. The molecule has 0 amide bonds. The standard InChI is InChI=1S/C19H26F2N2O2S/c20-18(21)25-16-1-3-17(4-2-16)26-23-7-5-19(6-8-23)13-15(14-19)22-9-11-24-12-10-22/h1-4,15,18H,5-14H2. The van der Waals surface area contributed by atoms with Gasteiger partial charge in [0.1, 0.15) is 5.75 Å². The van der Waals surface area contributed by atoms with Crippen molar-refractivity contribution in [2.45, 2.75) is 43.2 Å². The Morgan fingerprint density at radius 3 is 2.31 bits per heavy atom. The molecular formula is C19H26F2N2O2S. The van der Waals surface area contributed by atoms with Gasteiger partial charge in [0.25, 0.3) is 0 Å². The second-order valence-electron chi connectivity index (χ2n) is 7.58. The minimum atomic E-state index is -2.77. The van der Waals surface area contributed by atoms with E-state index in [4.69, 9.17) is 4.74 Å². The van der Waals surface area contributed by atoms with Gasteiger partial charge in [0, 0.05) is 37.1 Å². The Morgan fingerprint density at radius 2 is 1.69 bits per heavy atom. The minimum absolute atomic E-state index is 0.213. The first-order valence-corrected chi connectivity index (χ1v) is 10.2. The fourth-order valence-corrected chi connectivity index (χ4v) is 5.35. The Bertz CT molecular complexity index is 580. The Morgan fingerprint density at radius 1 is 1.04 bits per heavy atom. The lowest BCUT2D eigenvalue weighted by atomic mass is 9.60. The van der Waals surface area contributed by atoms with Crippen molar-refractivity contribution < 1.29 is 18.3 Å². The van der Waals surface area contributed by atoms with Gasteiger partial charge >= 0.3 is 6.61 Å². The predicted octanol–water partition coefficient (Wildman–Crippen LogP) is 3.87. The van der Waals surface area contributed by atoms with Crippen LogP contribution in [0.1, 0.15) is 25.7 Å². The van der Waals surface area contributed by atoms with Gasteiger partial charge in [-0.15, -0.1) is 0 Å². The second kappa shape index (κ2) is 8.00. The Balaban J connectivity index is 1.22. The van der Waals surface area contributed by atoms with Crippen molar-refractivity contribution >= 4 is 11.9 Å². The molecule has 1 saturated carbocycles. The fraction of sp³-hybridized carbons (Fsp3) is 0.684. The number of morpholine rings is 1. The van der Waals surface area contributed by atoms with E-state index in [1.807, 2.05) is 12.1 Å². The Labute approximate surface area is 157 Å². The smallest absolute Gasteiger partial charge is 0.387 e. The quantitative estimate of drug-likeness (QED) is 0.718. The van der Waals surface area contributed by atoms with Gasteiger partial charge in [0.2, 0.25) is 0 Å². The number of hydrogen-bond donors (Lipinski definition) is 0. The molecule has 3 fully saturated rings. The molecule has 1 aromatic carbocycles. The number of alkyl halides is 2. The average molecular weight is 384 g/mol. The van der Waals surface area contributed by atoms with Crippen LogP contribution in [0.5, 0.6) is 5.75 Å². The highest BCUT2D eigenvalue weighted by Gasteiger charge is 2.47. The lowest BCUT2D eigenvalue weighted by molar-refractivity contribution is -0.0664. The zero-order valence-electron chi connectivity index (χ0n) is 14.9. The minimum Gasteiger partial charge on any atom is -0.435 e. The number of halogens is 2. The summed E-state index contributed by atoms with van der Waals surface area (Å²) in [6.07, 6.45) is 5.19. The van der Waals surface area contributed by atoms with Gasteiger partial charge in [0.15, 0.2) is 0 Å². The molecule has 0 radical (unpaired) electrons. The molecule has 144 valence electrons. The number of piperidine rings is 1. The van der Waals surface area contributed by atoms with Gasteiger partial charge in [-0.2, -0.15) is 8.78 Å². The van der Waals surface area contributed by atoms with Crippen molar-refractivity contribution in [3.05, 3.63) is 24.3 Å². The zero-order chi connectivity index (χ0) is 18.0. The van der Waals surface area contributed by atoms with E-state index in [0.29, 0.717) is 5.41 Å². The lowest BCUT2D eigenvalue weighted by Gasteiger charge is -2.55. The Kier molecular flexibility index (Phi) is 5.69. The van der Waals surface area contributed by atoms with Crippen molar-refractivity contribution in [1.82, 2.24) is 9.21 Å². The van der Waals surface area contributed by atoms with Crippen LogP contribution in [0, 0.1) is 5.41 Å². The van der Waals surface area contributed by atoms with E-state index in [1.165, 1.54) is 25.7 Å². The molecule has 3 aliphatic rings. The molecule has 2 heterocycles. The molecule has 0 bridgehead atoms. The first-order valence-electron chi connectivity index (χ1n) is 9.42. The van der Waals surface area contributed by atoms with E-state index >= 15 is 0 Å². The molecule has 26 heavy (non-hydrogen) atoms. The van der Waals surface area contributed by atoms with Crippen molar-refractivity contribution in [3.63, 3.8) is 0 Å². The monoisotopic (exact) mass is 384 g/mol. The summed E-state index contributed by atoms with van der Waals surface area (Å²) in [6, 6.07) is 7.69. The van der Waals surface area contributed by atoms with Crippen LogP contribution in [0.25, 0.3) is 0 Å². The van der Waals surface area contributed by atoms with Crippen molar-refractivity contribution in [3.8, 4) is 5.75 Å². The fourth-order valence-electron chi connectivity index (χ4n) is 4.43. The SMILES string of the molecule is FC(F)Oc1ccc(SN2CCC3(CC2)CC(N2CCOCC2)C3)cc1. The number of ether oxygens (including phenoxy) is 2. The lowest BCUT2D eigenvalue weighted by Crippen LogP contribution is -2.56. The summed E-state index contributed by atoms with van der Waals surface area (Å²) >= 11 is 1.72. The van der Waals surface area contributed by atoms with Crippen molar-refractivity contribution in [2.24, 2.45) is 5.41 Å². The highest BCUT2D eigenvalue weighted by atomic mass is 32.2.